The summed E-state index contributed by atoms with van der Waals surface area (Å²) in [5.41, 5.74) is 4.66. The monoisotopic (exact) mass is 1020 g/mol. The van der Waals surface area contributed by atoms with Gasteiger partial charge >= 0.3 is 12.2 Å². The fraction of sp³-hybridized carbons (Fsp3) is 0.481. The third-order valence-electron chi connectivity index (χ3n) is 15.6. The van der Waals surface area contributed by atoms with Gasteiger partial charge in [-0.15, -0.1) is 11.3 Å². The lowest BCUT2D eigenvalue weighted by atomic mass is 9.85. The van der Waals surface area contributed by atoms with Gasteiger partial charge in [0.2, 0.25) is 18.0 Å². The highest BCUT2D eigenvalue weighted by Gasteiger charge is 2.57. The number of alkyl carbamates (subject to hydrolysis) is 2. The van der Waals surface area contributed by atoms with Crippen LogP contribution in [0, 0.1) is 23.6 Å². The molecule has 8 heterocycles. The molecule has 5 aliphatic rings. The first-order valence-corrected chi connectivity index (χ1v) is 26.3. The number of hydrogen-bond donors (Lipinski definition) is 4. The molecule has 17 nitrogen and oxygen atoms in total. The number of likely N-dealkylation sites (tertiary alicyclic amines) is 2. The molecular formula is C54H62FN9O8S. The number of amides is 4. The van der Waals surface area contributed by atoms with Gasteiger partial charge in [-0.2, -0.15) is 0 Å². The van der Waals surface area contributed by atoms with Crippen molar-refractivity contribution in [1.82, 2.24) is 44.9 Å². The Balaban J connectivity index is 0.893. The molecule has 4 amide bonds. The van der Waals surface area contributed by atoms with E-state index in [0.717, 1.165) is 52.7 Å². The van der Waals surface area contributed by atoms with Gasteiger partial charge < -0.3 is 49.3 Å². The van der Waals surface area contributed by atoms with E-state index in [1.54, 1.807) is 28.6 Å². The van der Waals surface area contributed by atoms with Crippen LogP contribution >= 0.6 is 11.3 Å². The van der Waals surface area contributed by atoms with Gasteiger partial charge in [0.1, 0.15) is 35.3 Å². The van der Waals surface area contributed by atoms with Gasteiger partial charge in [-0.1, -0.05) is 26.8 Å². The Kier molecular flexibility index (Phi) is 12.8. The highest BCUT2D eigenvalue weighted by atomic mass is 32.1. The molecule has 3 saturated heterocycles. The van der Waals surface area contributed by atoms with Crippen LogP contribution in [0.15, 0.2) is 60.9 Å². The molecule has 4 N–H and O–H groups in total. The van der Waals surface area contributed by atoms with E-state index in [1.807, 2.05) is 56.9 Å². The summed E-state index contributed by atoms with van der Waals surface area (Å²) >= 11 is 1.66. The molecule has 4 fully saturated rings. The number of H-pyrrole nitrogens is 2. The number of fused-ring (bicyclic) bond motifs is 6. The zero-order chi connectivity index (χ0) is 51.0. The minimum absolute atomic E-state index is 0.0471. The van der Waals surface area contributed by atoms with Crippen LogP contribution in [0.2, 0.25) is 0 Å². The number of benzene rings is 2. The highest BCUT2D eigenvalue weighted by Crippen LogP contribution is 2.54. The van der Waals surface area contributed by atoms with Crippen molar-refractivity contribution in [2.75, 3.05) is 20.8 Å². The normalized spacial score (nSPS) is 24.9. The van der Waals surface area contributed by atoms with Crippen LogP contribution in [0.4, 0.5) is 14.0 Å². The number of methoxy groups -OCH3 is 2. The molecule has 1 saturated carbocycles. The van der Waals surface area contributed by atoms with Crippen LogP contribution in [-0.4, -0.2) is 109 Å². The molecule has 0 radical (unpaired) electrons. The van der Waals surface area contributed by atoms with E-state index in [0.29, 0.717) is 71.6 Å². The minimum Gasteiger partial charge on any atom is -0.464 e. The Morgan fingerprint density at radius 2 is 1.58 bits per heavy atom. The lowest BCUT2D eigenvalue weighted by molar-refractivity contribution is -0.140. The summed E-state index contributed by atoms with van der Waals surface area (Å²) in [5, 5.41) is 6.47. The Morgan fingerprint density at radius 3 is 2.27 bits per heavy atom. The summed E-state index contributed by atoms with van der Waals surface area (Å²) in [6.07, 6.45) is 6.76. The van der Waals surface area contributed by atoms with E-state index >= 15 is 4.39 Å². The number of nitrogens with zero attached hydrogens (tertiary/aromatic N) is 5. The number of hydrogen-bond acceptors (Lipinski definition) is 11. The van der Waals surface area contributed by atoms with E-state index in [1.165, 1.54) is 25.2 Å². The first-order chi connectivity index (χ1) is 35.2. The van der Waals surface area contributed by atoms with Crippen molar-refractivity contribution in [3.05, 3.63) is 88.1 Å². The summed E-state index contributed by atoms with van der Waals surface area (Å²) < 4.78 is 41.7. The smallest absolute Gasteiger partial charge is 0.407 e. The van der Waals surface area contributed by atoms with Crippen molar-refractivity contribution in [3.63, 3.8) is 0 Å². The van der Waals surface area contributed by atoms with Crippen LogP contribution in [0.1, 0.15) is 113 Å². The molecular weight excluding hydrogens is 954 g/mol. The van der Waals surface area contributed by atoms with Gasteiger partial charge in [-0.05, 0) is 119 Å². The number of thiophene rings is 1. The summed E-state index contributed by atoms with van der Waals surface area (Å²) in [4.78, 5) is 75.8. The van der Waals surface area contributed by atoms with Gasteiger partial charge in [0.25, 0.3) is 0 Å². The average Bonchev–Trinajstić information content (AvgIpc) is 4.14. The molecule has 2 aromatic carbocycles. The van der Waals surface area contributed by atoms with Crippen molar-refractivity contribution in [2.24, 2.45) is 17.8 Å². The van der Waals surface area contributed by atoms with Crippen LogP contribution in [0.5, 0.6) is 5.75 Å². The second-order valence-corrected chi connectivity index (χ2v) is 21.9. The van der Waals surface area contributed by atoms with Gasteiger partial charge in [0.05, 0.1) is 83.9 Å². The predicted octanol–water partition coefficient (Wildman–Crippen LogP) is 9.43. The second kappa shape index (κ2) is 19.3. The zero-order valence-electron chi connectivity index (χ0n) is 42.1. The van der Waals surface area contributed by atoms with Crippen LogP contribution < -0.4 is 15.4 Å². The number of carbonyl (C=O) groups is 4. The molecule has 73 heavy (non-hydrogen) atoms. The predicted molar refractivity (Wildman–Crippen MR) is 271 cm³/mol. The summed E-state index contributed by atoms with van der Waals surface area (Å²) in [6, 6.07) is 13.6. The number of rotatable bonds is 12. The molecule has 0 spiro atoms. The van der Waals surface area contributed by atoms with Gasteiger partial charge in [-0.3, -0.25) is 14.2 Å². The number of halogens is 1. The molecule has 6 aromatic rings. The van der Waals surface area contributed by atoms with Gasteiger partial charge in [-0.25, -0.2) is 23.9 Å². The fourth-order valence-corrected chi connectivity index (χ4v) is 12.9. The van der Waals surface area contributed by atoms with E-state index in [2.05, 4.69) is 50.3 Å². The Morgan fingerprint density at radius 1 is 0.863 bits per heavy atom. The molecule has 4 aromatic heterocycles. The van der Waals surface area contributed by atoms with Crippen molar-refractivity contribution in [2.45, 2.75) is 128 Å². The zero-order valence-corrected chi connectivity index (χ0v) is 42.9. The van der Waals surface area contributed by atoms with Gasteiger partial charge in [0.15, 0.2) is 0 Å². The Labute approximate surface area is 426 Å². The molecule has 384 valence electrons. The first-order valence-electron chi connectivity index (χ1n) is 25.5. The number of aromatic nitrogens is 5. The van der Waals surface area contributed by atoms with Crippen LogP contribution in [0.3, 0.4) is 0 Å². The van der Waals surface area contributed by atoms with E-state index in [-0.39, 0.29) is 54.0 Å². The molecule has 0 bridgehead atoms. The lowest BCUT2D eigenvalue weighted by Crippen LogP contribution is -2.55. The first kappa shape index (κ1) is 48.5. The maximum atomic E-state index is 17.0. The number of aromatic amines is 2. The summed E-state index contributed by atoms with van der Waals surface area (Å²) in [5.74, 6) is 0.930. The largest absolute Gasteiger partial charge is 0.464 e. The van der Waals surface area contributed by atoms with Crippen molar-refractivity contribution < 1.29 is 42.5 Å². The number of carbonyl (C=O) groups excluding carboxylic acids is 4. The number of piperidine rings is 1. The molecule has 19 heteroatoms. The maximum absolute atomic E-state index is 17.0. The summed E-state index contributed by atoms with van der Waals surface area (Å²) in [6.45, 7) is 10.4. The molecule has 2 unspecified atom stereocenters. The third kappa shape index (κ3) is 8.91. The molecule has 10 atom stereocenters. The minimum atomic E-state index is -0.772. The average molecular weight is 1020 g/mol. The maximum Gasteiger partial charge on any atom is 0.407 e. The number of imidazole rings is 2. The van der Waals surface area contributed by atoms with E-state index in [9.17, 15) is 19.2 Å². The fourth-order valence-electron chi connectivity index (χ4n) is 12.0. The van der Waals surface area contributed by atoms with Crippen molar-refractivity contribution >= 4 is 46.2 Å². The van der Waals surface area contributed by atoms with Crippen LogP contribution in [0.25, 0.3) is 44.7 Å². The Bertz CT molecular complexity index is 3100. The molecule has 11 rings (SSSR count). The lowest BCUT2D eigenvalue weighted by Gasteiger charge is -2.38. The summed E-state index contributed by atoms with van der Waals surface area (Å²) in [7, 11) is 2.58. The SMILES string of the molecule is CCc1ccc(C2Oc3cc(-c4cnc([C@@H]5CCCN5C(=O)[C@@H](NC(=O)OC)C(C)C)[nH]4)cc(F)c3-c3cc4cc(-c5cnc([C@@H]6C[C@H]7C[C@H]7N6C(=O)[C@H](NC(=O)OC)C6C[C@@H](C)O[C@@H](C)C6)[nH]5)ccc4n32)s1. The highest BCUT2D eigenvalue weighted by molar-refractivity contribution is 7.12. The topological polar surface area (TPSA) is 198 Å². The molecule has 4 aliphatic heterocycles. The van der Waals surface area contributed by atoms with Crippen LogP contribution in [-0.2, 0) is 30.2 Å². The standard InChI is InChI=1S/C54H62FN9O8S/c1-8-34-12-14-44(73-34)52-64-38-13-11-29(36-24-57-49(58-36)42-22-32-20-40(32)63(42)51(66)47(61-54(68)70-7)33-16-27(4)71-28(5)17-33)18-31(38)21-41(64)45-35(55)19-30(23-43(45)72-52)37-25-56-48(59-37)39-10-9-15-62(39)50(65)46(26(2)3)60-53(67)69-6/h11-14,18-19,21,23-28,32-33,39-40,42,46-47,52H,8-10,15-17,20,22H2,1-7H3,(H,56,59)(H,57,58)(H,60,67)(H,61,68)/t27-,28+,32-,33?,39+,40-,42+,46+,47-,52?/m1/s1. The second-order valence-electron chi connectivity index (χ2n) is 20.7. The third-order valence-corrected chi connectivity index (χ3v) is 16.8. The quantitative estimate of drug-likeness (QED) is 0.0916. The van der Waals surface area contributed by atoms with Crippen molar-refractivity contribution in [3.8, 4) is 39.5 Å². The number of ether oxygens (including phenoxy) is 4. The number of aryl methyl sites for hydroxylation is 1. The van der Waals surface area contributed by atoms with Crippen molar-refractivity contribution in [1.29, 1.82) is 0 Å². The Hall–Kier alpha value is -6.73. The van der Waals surface area contributed by atoms with E-state index in [4.69, 9.17) is 28.9 Å². The van der Waals surface area contributed by atoms with E-state index < -0.39 is 36.3 Å². The number of nitrogens with one attached hydrogen (secondary N) is 4. The molecule has 1 aliphatic carbocycles. The van der Waals surface area contributed by atoms with Gasteiger partial charge in [0, 0.05) is 34.0 Å².